The number of carboxylic acids is 2. The molecule has 31 heavy (non-hydrogen) atoms. The smallest absolute Gasteiger partial charge is 0.868 e. The second kappa shape index (κ2) is 14.3. The van der Waals surface area contributed by atoms with E-state index in [2.05, 4.69) is 98.1 Å². The van der Waals surface area contributed by atoms with Crippen LogP contribution < -0.4 is 10.2 Å². The van der Waals surface area contributed by atoms with Gasteiger partial charge < -0.3 is 20.4 Å². The summed E-state index contributed by atoms with van der Waals surface area (Å²) in [5.41, 5.74) is 0. The normalized spacial score (nSPS) is 8.77. The molecular formula is C24H20O6V. The molecule has 0 amide bonds. The first kappa shape index (κ1) is 27.3. The molecule has 1 radical (unpaired) electrons. The third kappa shape index (κ3) is 10.6. The number of benzene rings is 2. The van der Waals surface area contributed by atoms with Crippen LogP contribution >= 0.6 is 0 Å². The zero-order chi connectivity index (χ0) is 22.5. The van der Waals surface area contributed by atoms with Crippen LogP contribution in [0.25, 0.3) is 21.5 Å². The van der Waals surface area contributed by atoms with Crippen molar-refractivity contribution in [2.24, 2.45) is 0 Å². The summed E-state index contributed by atoms with van der Waals surface area (Å²) in [6, 6.07) is 29.3. The Kier molecular flexibility index (Phi) is 12.6. The van der Waals surface area contributed by atoms with E-state index in [-0.39, 0.29) is 18.6 Å². The Morgan fingerprint density at radius 1 is 0.677 bits per heavy atom. The number of carbonyl (C=O) groups is 2. The molecule has 0 fully saturated rings. The molecule has 4 rings (SSSR count). The van der Waals surface area contributed by atoms with Gasteiger partial charge in [-0.15, -0.1) is 59.3 Å². The Hall–Kier alpha value is -3.74. The van der Waals surface area contributed by atoms with E-state index in [1.807, 2.05) is 0 Å². The molecule has 0 aliphatic heterocycles. The third-order valence-corrected chi connectivity index (χ3v) is 3.57. The van der Waals surface area contributed by atoms with Crippen LogP contribution in [0.3, 0.4) is 0 Å². The van der Waals surface area contributed by atoms with Crippen molar-refractivity contribution < 1.29 is 48.6 Å². The molecule has 0 saturated heterocycles. The molecule has 157 valence electrons. The van der Waals surface area contributed by atoms with E-state index in [1.54, 1.807) is 0 Å². The maximum Gasteiger partial charge on any atom is 4.00 e. The van der Waals surface area contributed by atoms with Crippen molar-refractivity contribution in [3.63, 3.8) is 0 Å². The van der Waals surface area contributed by atoms with Crippen molar-refractivity contribution in [3.8, 4) is 0 Å². The molecule has 0 aliphatic rings. The zero-order valence-electron chi connectivity index (χ0n) is 16.5. The van der Waals surface area contributed by atoms with Gasteiger partial charge >= 0.3 is 30.5 Å². The molecule has 0 bridgehead atoms. The Balaban J connectivity index is 0.000000393. The Labute approximate surface area is 191 Å². The van der Waals surface area contributed by atoms with Gasteiger partial charge in [0.1, 0.15) is 0 Å². The monoisotopic (exact) mass is 455 g/mol. The summed E-state index contributed by atoms with van der Waals surface area (Å²) in [5.74, 6) is -5.13. The molecule has 0 aromatic heterocycles. The van der Waals surface area contributed by atoms with Crippen molar-refractivity contribution in [2.75, 3.05) is 0 Å². The summed E-state index contributed by atoms with van der Waals surface area (Å²) in [6.07, 6.45) is 0. The van der Waals surface area contributed by atoms with Gasteiger partial charge in [-0.25, -0.2) is 9.59 Å². The molecule has 0 heterocycles. The van der Waals surface area contributed by atoms with Gasteiger partial charge in [0, 0.05) is 0 Å². The first-order valence-corrected chi connectivity index (χ1v) is 8.61. The summed E-state index contributed by atoms with van der Waals surface area (Å²) in [6.45, 7) is 5.20. The van der Waals surface area contributed by atoms with Crippen LogP contribution in [0.5, 0.6) is 0 Å². The molecule has 7 heteroatoms. The predicted octanol–water partition coefficient (Wildman–Crippen LogP) is 3.00. The van der Waals surface area contributed by atoms with Gasteiger partial charge in [0.15, 0.2) is 0 Å². The van der Waals surface area contributed by atoms with Crippen LogP contribution in [0.2, 0.25) is 0 Å². The van der Waals surface area contributed by atoms with Crippen molar-refractivity contribution in [2.45, 2.75) is 0 Å². The largest absolute Gasteiger partial charge is 4.00 e. The fourth-order valence-corrected chi connectivity index (χ4v) is 2.14. The second-order valence-corrected chi connectivity index (χ2v) is 5.77. The first-order valence-electron chi connectivity index (χ1n) is 8.61. The van der Waals surface area contributed by atoms with Crippen molar-refractivity contribution in [3.05, 3.63) is 110 Å². The van der Waals surface area contributed by atoms with E-state index in [0.29, 0.717) is 0 Å². The summed E-state index contributed by atoms with van der Waals surface area (Å²) >= 11 is 0. The molecule has 0 unspecified atom stereocenters. The van der Waals surface area contributed by atoms with Gasteiger partial charge in [0.05, 0.1) is 0 Å². The fraction of sp³-hybridized carbons (Fsp3) is 0. The maximum atomic E-state index is 9.43. The average Bonchev–Trinajstić information content (AvgIpc) is 3.38. The molecule has 0 spiro atoms. The van der Waals surface area contributed by atoms with Crippen LogP contribution in [0.1, 0.15) is 0 Å². The van der Waals surface area contributed by atoms with Gasteiger partial charge in [-0.3, -0.25) is 0 Å². The quantitative estimate of drug-likeness (QED) is 0.272. The van der Waals surface area contributed by atoms with Crippen molar-refractivity contribution in [1.29, 1.82) is 0 Å². The van der Waals surface area contributed by atoms with Gasteiger partial charge in [0.2, 0.25) is 0 Å². The van der Waals surface area contributed by atoms with E-state index in [1.165, 1.54) is 21.5 Å². The van der Waals surface area contributed by atoms with E-state index < -0.39 is 23.5 Å². The number of rotatable bonds is 2. The molecule has 6 nitrogen and oxygen atoms in total. The third-order valence-electron chi connectivity index (χ3n) is 3.57. The standard InChI is InChI=1S/2C9H7.2C3H4O3.V/c2*1-2-5-9-7-3-6-8(9)4-1;2*1-2(4)3(5)6;/h2*1-7H;2*4H,1H2,(H,5,6);/q2*-1;;;+4/p-2. The van der Waals surface area contributed by atoms with Crippen molar-refractivity contribution in [1.82, 2.24) is 0 Å². The minimum atomic E-state index is -1.49. The maximum absolute atomic E-state index is 9.43. The first-order chi connectivity index (χ1) is 14.2. The molecular weight excluding hydrogens is 435 g/mol. The fourth-order valence-electron chi connectivity index (χ4n) is 2.14. The summed E-state index contributed by atoms with van der Waals surface area (Å²) in [7, 11) is 0. The van der Waals surface area contributed by atoms with E-state index in [9.17, 15) is 19.8 Å². The van der Waals surface area contributed by atoms with E-state index >= 15 is 0 Å². The number of fused-ring (bicyclic) bond motifs is 2. The minimum absolute atomic E-state index is 0. The van der Waals surface area contributed by atoms with Crippen LogP contribution in [-0.4, -0.2) is 22.2 Å². The van der Waals surface area contributed by atoms with E-state index in [4.69, 9.17) is 10.2 Å². The molecule has 2 N–H and O–H groups in total. The number of hydrogen-bond acceptors (Lipinski definition) is 4. The van der Waals surface area contributed by atoms with Crippen LogP contribution in [-0.2, 0) is 28.1 Å². The summed E-state index contributed by atoms with van der Waals surface area (Å²) < 4.78 is 0. The van der Waals surface area contributed by atoms with Crippen LogP contribution in [0, 0.1) is 0 Å². The average molecular weight is 455 g/mol. The van der Waals surface area contributed by atoms with Crippen LogP contribution in [0.15, 0.2) is 110 Å². The van der Waals surface area contributed by atoms with Gasteiger partial charge in [-0.1, -0.05) is 25.3 Å². The van der Waals surface area contributed by atoms with E-state index in [0.717, 1.165) is 0 Å². The van der Waals surface area contributed by atoms with Gasteiger partial charge in [-0.05, 0) is 11.5 Å². The molecule has 4 aromatic rings. The SMILES string of the molecule is C=C([O-])C(=O)O.C=C([O-])C(=O)O.[V+4].c1ccc2[cH-]ccc2c1.c1ccc2[cH-]ccc2c1. The number of aliphatic carboxylic acids is 2. The van der Waals surface area contributed by atoms with Crippen molar-refractivity contribution >= 4 is 33.5 Å². The Morgan fingerprint density at radius 2 is 0.968 bits per heavy atom. The summed E-state index contributed by atoms with van der Waals surface area (Å²) in [4.78, 5) is 18.6. The summed E-state index contributed by atoms with van der Waals surface area (Å²) in [5, 5.41) is 39.3. The van der Waals surface area contributed by atoms with Crippen LogP contribution in [0.4, 0.5) is 0 Å². The minimum Gasteiger partial charge on any atom is -0.868 e. The van der Waals surface area contributed by atoms with Gasteiger partial charge in [-0.2, -0.15) is 35.0 Å². The number of carboxylic acid groups (broad SMARTS) is 2. The van der Waals surface area contributed by atoms with Gasteiger partial charge in [0.25, 0.3) is 0 Å². The Morgan fingerprint density at radius 3 is 1.23 bits per heavy atom. The Bertz CT molecular complexity index is 949. The molecule has 0 atom stereocenters. The molecule has 0 saturated carbocycles. The second-order valence-electron chi connectivity index (χ2n) is 5.77. The molecule has 4 aromatic carbocycles. The topological polar surface area (TPSA) is 121 Å². The zero-order valence-corrected chi connectivity index (χ0v) is 17.9. The molecule has 0 aliphatic carbocycles. The predicted molar refractivity (Wildman–Crippen MR) is 113 cm³/mol. The number of hydrogen-bond donors (Lipinski definition) is 2.